The third-order valence-corrected chi connectivity index (χ3v) is 4.62. The zero-order chi connectivity index (χ0) is 13.1. The average molecular weight is 266 g/mol. The van der Waals surface area contributed by atoms with Gasteiger partial charge in [0.1, 0.15) is 0 Å². The highest BCUT2D eigenvalue weighted by atomic mass is 16.5. The predicted molar refractivity (Wildman–Crippen MR) is 78.4 cm³/mol. The number of hydrogen-bond donors (Lipinski definition) is 1. The Morgan fingerprint density at radius 1 is 1.00 bits per heavy atom. The van der Waals surface area contributed by atoms with Crippen LogP contribution >= 0.6 is 0 Å². The maximum atomic E-state index is 6.21. The first-order chi connectivity index (χ1) is 9.33. The van der Waals surface area contributed by atoms with Crippen molar-refractivity contribution in [1.29, 1.82) is 0 Å². The molecule has 0 aromatic heterocycles. The molecule has 0 amide bonds. The van der Waals surface area contributed by atoms with Crippen LogP contribution in [0, 0.1) is 5.92 Å². The smallest absolute Gasteiger partial charge is 0.0707 e. The second-order valence-corrected chi connectivity index (χ2v) is 6.84. The monoisotopic (exact) mass is 266 g/mol. The van der Waals surface area contributed by atoms with Crippen molar-refractivity contribution in [3.63, 3.8) is 0 Å². The minimum Gasteiger partial charge on any atom is -0.372 e. The Morgan fingerprint density at radius 3 is 2.47 bits per heavy atom. The van der Waals surface area contributed by atoms with E-state index in [0.29, 0.717) is 12.2 Å². The molecule has 1 aliphatic heterocycles. The van der Waals surface area contributed by atoms with Gasteiger partial charge in [-0.3, -0.25) is 0 Å². The highest BCUT2D eigenvalue weighted by molar-refractivity contribution is 4.85. The molecule has 2 aliphatic carbocycles. The second kappa shape index (κ2) is 6.55. The first-order valence-corrected chi connectivity index (χ1v) is 8.44. The minimum atomic E-state index is 0.481. The molecular weight excluding hydrogens is 236 g/mol. The Hall–Kier alpha value is -0.120. The lowest BCUT2D eigenvalue weighted by Gasteiger charge is -2.25. The van der Waals surface area contributed by atoms with Crippen LogP contribution in [0.3, 0.4) is 0 Å². The third kappa shape index (κ3) is 4.73. The van der Waals surface area contributed by atoms with E-state index in [0.717, 1.165) is 18.5 Å². The molecular formula is C16H30N2O. The lowest BCUT2D eigenvalue weighted by molar-refractivity contribution is 0.0223. The molecule has 19 heavy (non-hydrogen) atoms. The van der Waals surface area contributed by atoms with E-state index in [-0.39, 0.29) is 0 Å². The normalized spacial score (nSPS) is 31.3. The van der Waals surface area contributed by atoms with E-state index >= 15 is 0 Å². The first kappa shape index (κ1) is 13.8. The van der Waals surface area contributed by atoms with E-state index in [2.05, 4.69) is 17.1 Å². The Morgan fingerprint density at radius 2 is 1.79 bits per heavy atom. The Balaban J connectivity index is 1.35. The van der Waals surface area contributed by atoms with E-state index in [1.807, 2.05) is 0 Å². The molecule has 2 saturated carbocycles. The van der Waals surface area contributed by atoms with Crippen LogP contribution in [0.25, 0.3) is 0 Å². The van der Waals surface area contributed by atoms with Crippen LogP contribution in [0.2, 0.25) is 0 Å². The van der Waals surface area contributed by atoms with Gasteiger partial charge in [-0.05, 0) is 57.4 Å². The highest BCUT2D eigenvalue weighted by Crippen LogP contribution is 2.30. The molecule has 2 atom stereocenters. The molecule has 3 aliphatic rings. The number of nitrogens with zero attached hydrogens (tertiary/aromatic N) is 1. The third-order valence-electron chi connectivity index (χ3n) is 4.62. The Bertz CT molecular complexity index is 276. The zero-order valence-electron chi connectivity index (χ0n) is 12.4. The Labute approximate surface area is 118 Å². The fraction of sp³-hybridized carbons (Fsp3) is 1.00. The van der Waals surface area contributed by atoms with E-state index in [4.69, 9.17) is 4.74 Å². The second-order valence-electron chi connectivity index (χ2n) is 6.84. The topological polar surface area (TPSA) is 24.5 Å². The van der Waals surface area contributed by atoms with Crippen LogP contribution in [0.4, 0.5) is 0 Å². The molecule has 3 heteroatoms. The molecule has 1 saturated heterocycles. The van der Waals surface area contributed by atoms with E-state index < -0.39 is 0 Å². The van der Waals surface area contributed by atoms with Gasteiger partial charge < -0.3 is 15.0 Å². The summed E-state index contributed by atoms with van der Waals surface area (Å²) in [5.41, 5.74) is 0. The van der Waals surface area contributed by atoms with E-state index in [1.165, 1.54) is 64.6 Å². The molecule has 0 radical (unpaired) electrons. The number of nitrogens with one attached hydrogen (secondary N) is 1. The summed E-state index contributed by atoms with van der Waals surface area (Å²) in [4.78, 5) is 2.65. The lowest BCUT2D eigenvalue weighted by atomic mass is 10.2. The van der Waals surface area contributed by atoms with Crippen molar-refractivity contribution >= 4 is 0 Å². The van der Waals surface area contributed by atoms with Crippen molar-refractivity contribution in [3.05, 3.63) is 0 Å². The van der Waals surface area contributed by atoms with E-state index in [1.54, 1.807) is 0 Å². The van der Waals surface area contributed by atoms with Gasteiger partial charge in [-0.15, -0.1) is 0 Å². The molecule has 2 unspecified atom stereocenters. The van der Waals surface area contributed by atoms with Gasteiger partial charge in [0.15, 0.2) is 0 Å². The molecule has 110 valence electrons. The van der Waals surface area contributed by atoms with Gasteiger partial charge in [0.05, 0.1) is 12.2 Å². The largest absolute Gasteiger partial charge is 0.372 e. The van der Waals surface area contributed by atoms with Crippen LogP contribution in [-0.2, 0) is 4.74 Å². The van der Waals surface area contributed by atoms with Gasteiger partial charge in [0, 0.05) is 25.7 Å². The molecule has 0 aromatic rings. The molecule has 0 spiro atoms. The molecule has 3 fully saturated rings. The minimum absolute atomic E-state index is 0.481. The average Bonchev–Trinajstić information content (AvgIpc) is 3.30. The van der Waals surface area contributed by atoms with Crippen molar-refractivity contribution in [2.75, 3.05) is 26.2 Å². The van der Waals surface area contributed by atoms with Crippen molar-refractivity contribution in [2.45, 2.75) is 70.1 Å². The standard InChI is InChI=1S/C16H30N2O/c1-2-9-18(11-13-3-4-13)12-16-8-7-15(19-16)10-17-14-5-6-14/h13-17H,2-12H2,1H3. The van der Waals surface area contributed by atoms with Gasteiger partial charge in [-0.2, -0.15) is 0 Å². The van der Waals surface area contributed by atoms with Gasteiger partial charge in [-0.25, -0.2) is 0 Å². The zero-order valence-corrected chi connectivity index (χ0v) is 12.4. The number of hydrogen-bond acceptors (Lipinski definition) is 3. The highest BCUT2D eigenvalue weighted by Gasteiger charge is 2.30. The summed E-state index contributed by atoms with van der Waals surface area (Å²) in [6.07, 6.45) is 10.4. The first-order valence-electron chi connectivity index (χ1n) is 8.44. The van der Waals surface area contributed by atoms with Gasteiger partial charge in [-0.1, -0.05) is 6.92 Å². The Kier molecular flexibility index (Phi) is 4.78. The van der Waals surface area contributed by atoms with Gasteiger partial charge in [0.25, 0.3) is 0 Å². The van der Waals surface area contributed by atoms with Crippen LogP contribution in [0.15, 0.2) is 0 Å². The SMILES string of the molecule is CCCN(CC1CC1)CC1CCC(CNC2CC2)O1. The summed E-state index contributed by atoms with van der Waals surface area (Å²) in [5.74, 6) is 1.00. The molecule has 0 aromatic carbocycles. The van der Waals surface area contributed by atoms with Crippen LogP contribution in [0.5, 0.6) is 0 Å². The summed E-state index contributed by atoms with van der Waals surface area (Å²) < 4.78 is 6.21. The summed E-state index contributed by atoms with van der Waals surface area (Å²) in [5, 5.41) is 3.60. The van der Waals surface area contributed by atoms with Gasteiger partial charge in [0.2, 0.25) is 0 Å². The van der Waals surface area contributed by atoms with Crippen molar-refractivity contribution in [3.8, 4) is 0 Å². The van der Waals surface area contributed by atoms with Crippen molar-refractivity contribution in [2.24, 2.45) is 5.92 Å². The molecule has 0 bridgehead atoms. The summed E-state index contributed by atoms with van der Waals surface area (Å²) in [6.45, 7) is 7.11. The summed E-state index contributed by atoms with van der Waals surface area (Å²) >= 11 is 0. The quantitative estimate of drug-likeness (QED) is 0.693. The number of rotatable bonds is 9. The van der Waals surface area contributed by atoms with Crippen LogP contribution in [0.1, 0.15) is 51.9 Å². The fourth-order valence-corrected chi connectivity index (χ4v) is 3.18. The molecule has 3 nitrogen and oxygen atoms in total. The predicted octanol–water partition coefficient (Wildman–Crippen LogP) is 2.41. The molecule has 3 rings (SSSR count). The van der Waals surface area contributed by atoms with Gasteiger partial charge >= 0.3 is 0 Å². The summed E-state index contributed by atoms with van der Waals surface area (Å²) in [6, 6.07) is 0.814. The maximum Gasteiger partial charge on any atom is 0.0707 e. The summed E-state index contributed by atoms with van der Waals surface area (Å²) in [7, 11) is 0. The van der Waals surface area contributed by atoms with Crippen LogP contribution in [-0.4, -0.2) is 49.3 Å². The fourth-order valence-electron chi connectivity index (χ4n) is 3.18. The maximum absolute atomic E-state index is 6.21. The van der Waals surface area contributed by atoms with E-state index in [9.17, 15) is 0 Å². The van der Waals surface area contributed by atoms with Crippen LogP contribution < -0.4 is 5.32 Å². The molecule has 1 heterocycles. The van der Waals surface area contributed by atoms with Crippen molar-refractivity contribution < 1.29 is 4.74 Å². The van der Waals surface area contributed by atoms with Crippen molar-refractivity contribution in [1.82, 2.24) is 10.2 Å². The molecule has 1 N–H and O–H groups in total. The number of ether oxygens (including phenoxy) is 1. The lowest BCUT2D eigenvalue weighted by Crippen LogP contribution is -2.36.